The van der Waals surface area contributed by atoms with E-state index in [1.54, 1.807) is 12.3 Å². The van der Waals surface area contributed by atoms with Crippen molar-refractivity contribution in [3.63, 3.8) is 0 Å². The van der Waals surface area contributed by atoms with Gasteiger partial charge in [0.05, 0.1) is 6.26 Å². The fourth-order valence-corrected chi connectivity index (χ4v) is 2.36. The summed E-state index contributed by atoms with van der Waals surface area (Å²) >= 11 is 0. The first kappa shape index (κ1) is 14.4. The molecule has 0 fully saturated rings. The zero-order valence-electron chi connectivity index (χ0n) is 13.0. The van der Waals surface area contributed by atoms with Gasteiger partial charge >= 0.3 is 0 Å². The highest BCUT2D eigenvalue weighted by atomic mass is 16.3. The number of nitrogens with one attached hydrogen (secondary N) is 1. The van der Waals surface area contributed by atoms with E-state index in [0.717, 1.165) is 16.7 Å². The predicted molar refractivity (Wildman–Crippen MR) is 89.3 cm³/mol. The van der Waals surface area contributed by atoms with Gasteiger partial charge in [0.2, 0.25) is 0 Å². The van der Waals surface area contributed by atoms with Crippen molar-refractivity contribution in [2.24, 2.45) is 0 Å². The lowest BCUT2D eigenvalue weighted by molar-refractivity contribution is 0.102. The van der Waals surface area contributed by atoms with Crippen LogP contribution in [0, 0.1) is 0 Å². The van der Waals surface area contributed by atoms with Gasteiger partial charge < -0.3 is 9.73 Å². The minimum Gasteiger partial charge on any atom is -0.464 e. The monoisotopic (exact) mass is 293 g/mol. The van der Waals surface area contributed by atoms with E-state index in [9.17, 15) is 4.79 Å². The molecule has 3 aromatic rings. The Kier molecular flexibility index (Phi) is 3.49. The number of anilines is 1. The van der Waals surface area contributed by atoms with Crippen LogP contribution in [0.3, 0.4) is 0 Å². The van der Waals surface area contributed by atoms with Gasteiger partial charge in [-0.3, -0.25) is 4.79 Å². The second-order valence-corrected chi connectivity index (χ2v) is 6.45. The van der Waals surface area contributed by atoms with Gasteiger partial charge in [-0.2, -0.15) is 0 Å². The molecule has 0 aliphatic heterocycles. The van der Waals surface area contributed by atoms with E-state index in [4.69, 9.17) is 4.42 Å². The third-order valence-corrected chi connectivity index (χ3v) is 3.72. The molecule has 22 heavy (non-hydrogen) atoms. The molecule has 0 spiro atoms. The normalized spacial score (nSPS) is 11.6. The lowest BCUT2D eigenvalue weighted by Gasteiger charge is -2.19. The van der Waals surface area contributed by atoms with Gasteiger partial charge in [0, 0.05) is 16.6 Å². The molecule has 112 valence electrons. The molecule has 0 aliphatic carbocycles. The lowest BCUT2D eigenvalue weighted by Crippen LogP contribution is -2.13. The summed E-state index contributed by atoms with van der Waals surface area (Å²) in [6.45, 7) is 6.50. The number of hydrogen-bond donors (Lipinski definition) is 1. The molecule has 1 aromatic heterocycles. The number of carbonyl (C=O) groups excluding carboxylic acids is 1. The molecule has 0 saturated heterocycles. The van der Waals surface area contributed by atoms with Crippen molar-refractivity contribution in [1.82, 2.24) is 0 Å². The molecular formula is C19H19NO2. The number of amides is 1. The highest BCUT2D eigenvalue weighted by molar-refractivity contribution is 6.06. The highest BCUT2D eigenvalue weighted by Gasteiger charge is 2.13. The molecule has 2 aromatic carbocycles. The van der Waals surface area contributed by atoms with Gasteiger partial charge in [0.1, 0.15) is 5.58 Å². The number of furan rings is 1. The van der Waals surface area contributed by atoms with Crippen LogP contribution in [-0.4, -0.2) is 5.91 Å². The van der Waals surface area contributed by atoms with Crippen molar-refractivity contribution < 1.29 is 9.21 Å². The van der Waals surface area contributed by atoms with E-state index >= 15 is 0 Å². The van der Waals surface area contributed by atoms with E-state index < -0.39 is 0 Å². The minimum absolute atomic E-state index is 0.106. The molecule has 1 heterocycles. The fourth-order valence-electron chi connectivity index (χ4n) is 2.36. The lowest BCUT2D eigenvalue weighted by atomic mass is 9.87. The van der Waals surface area contributed by atoms with Gasteiger partial charge in [-0.05, 0) is 47.4 Å². The molecule has 0 atom stereocenters. The molecular weight excluding hydrogens is 274 g/mol. The molecule has 3 rings (SSSR count). The zero-order chi connectivity index (χ0) is 15.7. The molecule has 0 unspecified atom stereocenters. The van der Waals surface area contributed by atoms with Crippen molar-refractivity contribution in [3.8, 4) is 0 Å². The maximum atomic E-state index is 12.3. The van der Waals surface area contributed by atoms with Crippen LogP contribution in [0.1, 0.15) is 36.7 Å². The Balaban J connectivity index is 1.78. The number of carbonyl (C=O) groups is 1. The van der Waals surface area contributed by atoms with E-state index in [2.05, 4.69) is 38.2 Å². The van der Waals surface area contributed by atoms with Crippen LogP contribution in [0.15, 0.2) is 59.2 Å². The van der Waals surface area contributed by atoms with Gasteiger partial charge in [-0.15, -0.1) is 0 Å². The van der Waals surface area contributed by atoms with Crippen molar-refractivity contribution in [3.05, 3.63) is 65.9 Å². The molecule has 3 nitrogen and oxygen atoms in total. The average molecular weight is 293 g/mol. The molecule has 0 aliphatic rings. The van der Waals surface area contributed by atoms with Crippen LogP contribution in [0.4, 0.5) is 5.69 Å². The van der Waals surface area contributed by atoms with Crippen LogP contribution in [-0.2, 0) is 5.41 Å². The smallest absolute Gasteiger partial charge is 0.255 e. The Labute approximate surface area is 130 Å². The van der Waals surface area contributed by atoms with Crippen molar-refractivity contribution in [2.45, 2.75) is 26.2 Å². The van der Waals surface area contributed by atoms with Gasteiger partial charge in [-0.25, -0.2) is 0 Å². The first-order valence-electron chi connectivity index (χ1n) is 7.33. The zero-order valence-corrected chi connectivity index (χ0v) is 13.0. The largest absolute Gasteiger partial charge is 0.464 e. The second kappa shape index (κ2) is 5.34. The first-order valence-corrected chi connectivity index (χ1v) is 7.33. The van der Waals surface area contributed by atoms with E-state index in [1.165, 1.54) is 5.56 Å². The molecule has 0 bridgehead atoms. The maximum Gasteiger partial charge on any atom is 0.255 e. The van der Waals surface area contributed by atoms with Crippen LogP contribution >= 0.6 is 0 Å². The molecule has 0 saturated carbocycles. The third kappa shape index (κ3) is 2.89. The van der Waals surface area contributed by atoms with Crippen molar-refractivity contribution in [2.75, 3.05) is 5.32 Å². The minimum atomic E-state index is -0.119. The SMILES string of the molecule is CC(C)(C)c1ccc(NC(=O)c2ccc3occc3c2)cc1. The summed E-state index contributed by atoms with van der Waals surface area (Å²) in [6.07, 6.45) is 1.62. The number of benzene rings is 2. The van der Waals surface area contributed by atoms with Gasteiger partial charge in [0.15, 0.2) is 0 Å². The standard InChI is InChI=1S/C19H19NO2/c1-19(2,3)15-5-7-16(8-6-15)20-18(21)14-4-9-17-13(12-14)10-11-22-17/h4-12H,1-3H3,(H,20,21). The summed E-state index contributed by atoms with van der Waals surface area (Å²) in [4.78, 5) is 12.3. The van der Waals surface area contributed by atoms with Crippen LogP contribution in [0.5, 0.6) is 0 Å². The number of fused-ring (bicyclic) bond motifs is 1. The molecule has 0 radical (unpaired) electrons. The number of hydrogen-bond acceptors (Lipinski definition) is 2. The van der Waals surface area contributed by atoms with Crippen LogP contribution < -0.4 is 5.32 Å². The van der Waals surface area contributed by atoms with Crippen LogP contribution in [0.25, 0.3) is 11.0 Å². The van der Waals surface area contributed by atoms with Crippen molar-refractivity contribution in [1.29, 1.82) is 0 Å². The summed E-state index contributed by atoms with van der Waals surface area (Å²) in [6, 6.07) is 15.2. The maximum absolute atomic E-state index is 12.3. The Morgan fingerprint density at radius 1 is 1.00 bits per heavy atom. The second-order valence-electron chi connectivity index (χ2n) is 6.45. The van der Waals surface area contributed by atoms with Gasteiger partial charge in [0.25, 0.3) is 5.91 Å². The van der Waals surface area contributed by atoms with Gasteiger partial charge in [-0.1, -0.05) is 32.9 Å². The Morgan fingerprint density at radius 3 is 2.41 bits per heavy atom. The van der Waals surface area contributed by atoms with E-state index in [0.29, 0.717) is 5.56 Å². The van der Waals surface area contributed by atoms with E-state index in [1.807, 2.05) is 30.3 Å². The predicted octanol–water partition coefficient (Wildman–Crippen LogP) is 4.98. The highest BCUT2D eigenvalue weighted by Crippen LogP contribution is 2.24. The molecule has 1 N–H and O–H groups in total. The van der Waals surface area contributed by atoms with E-state index in [-0.39, 0.29) is 11.3 Å². The quantitative estimate of drug-likeness (QED) is 0.723. The van der Waals surface area contributed by atoms with Crippen LogP contribution in [0.2, 0.25) is 0 Å². The summed E-state index contributed by atoms with van der Waals surface area (Å²) in [5.41, 5.74) is 3.55. The topological polar surface area (TPSA) is 42.2 Å². The summed E-state index contributed by atoms with van der Waals surface area (Å²) in [7, 11) is 0. The fraction of sp³-hybridized carbons (Fsp3) is 0.211. The first-order chi connectivity index (χ1) is 10.4. The Hall–Kier alpha value is -2.55. The van der Waals surface area contributed by atoms with Crippen molar-refractivity contribution >= 4 is 22.6 Å². The molecule has 3 heteroatoms. The summed E-state index contributed by atoms with van der Waals surface area (Å²) in [5, 5.41) is 3.85. The number of rotatable bonds is 2. The molecule has 1 amide bonds. The average Bonchev–Trinajstić information content (AvgIpc) is 2.94. The third-order valence-electron chi connectivity index (χ3n) is 3.72. The Morgan fingerprint density at radius 2 is 1.73 bits per heavy atom. The Bertz CT molecular complexity index is 807. The summed E-state index contributed by atoms with van der Waals surface area (Å²) < 4.78 is 5.28. The summed E-state index contributed by atoms with van der Waals surface area (Å²) in [5.74, 6) is -0.119.